The van der Waals surface area contributed by atoms with Crippen LogP contribution < -0.4 is 10.6 Å². The monoisotopic (exact) mass is 352 g/mol. The molecule has 0 bridgehead atoms. The number of aromatic hydroxyl groups is 1. The van der Waals surface area contributed by atoms with Gasteiger partial charge in [-0.2, -0.15) is 0 Å². The number of carboxylic acid groups (broad SMARTS) is 1. The molecule has 2 atom stereocenters. The van der Waals surface area contributed by atoms with Gasteiger partial charge >= 0.3 is 12.1 Å². The van der Waals surface area contributed by atoms with E-state index in [1.165, 1.54) is 19.1 Å². The predicted molar refractivity (Wildman–Crippen MR) is 90.2 cm³/mol. The van der Waals surface area contributed by atoms with E-state index in [1.807, 2.05) is 0 Å². The Labute approximate surface area is 146 Å². The van der Waals surface area contributed by atoms with Crippen molar-refractivity contribution in [2.45, 2.75) is 51.8 Å². The number of hydrogen-bond donors (Lipinski definition) is 4. The van der Waals surface area contributed by atoms with E-state index >= 15 is 0 Å². The second-order valence-electron chi connectivity index (χ2n) is 6.64. The van der Waals surface area contributed by atoms with Crippen molar-refractivity contribution < 1.29 is 29.3 Å². The molecule has 0 saturated heterocycles. The molecule has 0 spiro atoms. The number of carbonyl (C=O) groups excluding carboxylic acids is 2. The average Bonchev–Trinajstić information content (AvgIpc) is 2.46. The summed E-state index contributed by atoms with van der Waals surface area (Å²) in [6.07, 6.45) is -0.674. The molecule has 8 heteroatoms. The molecule has 1 aromatic carbocycles. The third kappa shape index (κ3) is 7.56. The molecule has 0 radical (unpaired) electrons. The normalized spacial score (nSPS) is 13.4. The molecule has 0 heterocycles. The van der Waals surface area contributed by atoms with Gasteiger partial charge in [0.1, 0.15) is 23.4 Å². The molecule has 25 heavy (non-hydrogen) atoms. The summed E-state index contributed by atoms with van der Waals surface area (Å²) in [5.74, 6) is -1.76. The number of rotatable bonds is 6. The lowest BCUT2D eigenvalue weighted by molar-refractivity contribution is -0.141. The van der Waals surface area contributed by atoms with Gasteiger partial charge in [0, 0.05) is 6.42 Å². The molecular weight excluding hydrogens is 328 g/mol. The summed E-state index contributed by atoms with van der Waals surface area (Å²) in [6, 6.07) is 3.99. The molecule has 0 aliphatic heterocycles. The van der Waals surface area contributed by atoms with E-state index in [1.54, 1.807) is 32.9 Å². The Balaban J connectivity index is 2.88. The Bertz CT molecular complexity index is 621. The number of phenols is 1. The van der Waals surface area contributed by atoms with Crippen LogP contribution in [-0.4, -0.2) is 45.9 Å². The number of phenolic OH excluding ortho intramolecular Hbond substituents is 1. The van der Waals surface area contributed by atoms with Crippen LogP contribution in [0.15, 0.2) is 24.3 Å². The SMILES string of the molecule is C[C@@H](NC(=O)[C@H](Cc1ccc(O)cc1)NC(=O)OC(C)(C)C)C(=O)O. The Morgan fingerprint density at radius 3 is 2.16 bits per heavy atom. The van der Waals surface area contributed by atoms with Gasteiger partial charge in [-0.3, -0.25) is 9.59 Å². The summed E-state index contributed by atoms with van der Waals surface area (Å²) in [6.45, 7) is 6.39. The number of nitrogens with one attached hydrogen (secondary N) is 2. The Kier molecular flexibility index (Phi) is 6.78. The van der Waals surface area contributed by atoms with Crippen LogP contribution in [0.3, 0.4) is 0 Å². The summed E-state index contributed by atoms with van der Waals surface area (Å²) in [5.41, 5.74) is -0.0603. The smallest absolute Gasteiger partial charge is 0.408 e. The van der Waals surface area contributed by atoms with Gasteiger partial charge in [0.25, 0.3) is 0 Å². The van der Waals surface area contributed by atoms with E-state index in [-0.39, 0.29) is 12.2 Å². The van der Waals surface area contributed by atoms with Crippen LogP contribution in [0.25, 0.3) is 0 Å². The maximum atomic E-state index is 12.3. The van der Waals surface area contributed by atoms with E-state index in [4.69, 9.17) is 9.84 Å². The van der Waals surface area contributed by atoms with Crippen molar-refractivity contribution in [3.63, 3.8) is 0 Å². The second-order valence-corrected chi connectivity index (χ2v) is 6.64. The van der Waals surface area contributed by atoms with Crippen LogP contribution in [0.2, 0.25) is 0 Å². The minimum absolute atomic E-state index is 0.0735. The third-order valence-corrected chi connectivity index (χ3v) is 3.11. The van der Waals surface area contributed by atoms with E-state index in [0.717, 1.165) is 0 Å². The number of benzene rings is 1. The van der Waals surface area contributed by atoms with E-state index in [2.05, 4.69) is 10.6 Å². The fourth-order valence-corrected chi connectivity index (χ4v) is 1.90. The Hall–Kier alpha value is -2.77. The first-order valence-electron chi connectivity index (χ1n) is 7.78. The van der Waals surface area contributed by atoms with Crippen molar-refractivity contribution in [1.82, 2.24) is 10.6 Å². The highest BCUT2D eigenvalue weighted by Crippen LogP contribution is 2.12. The molecule has 8 nitrogen and oxygen atoms in total. The number of carbonyl (C=O) groups is 3. The van der Waals surface area contributed by atoms with Crippen molar-refractivity contribution in [2.24, 2.45) is 0 Å². The minimum Gasteiger partial charge on any atom is -0.508 e. The fourth-order valence-electron chi connectivity index (χ4n) is 1.90. The molecule has 1 aromatic rings. The number of ether oxygens (including phenoxy) is 1. The number of hydrogen-bond acceptors (Lipinski definition) is 5. The van der Waals surface area contributed by atoms with Crippen molar-refractivity contribution in [3.05, 3.63) is 29.8 Å². The third-order valence-electron chi connectivity index (χ3n) is 3.11. The van der Waals surface area contributed by atoms with Gasteiger partial charge in [-0.05, 0) is 45.4 Å². The highest BCUT2D eigenvalue weighted by molar-refractivity contribution is 5.89. The highest BCUT2D eigenvalue weighted by Gasteiger charge is 2.26. The molecule has 4 N–H and O–H groups in total. The van der Waals surface area contributed by atoms with Crippen LogP contribution in [-0.2, 0) is 20.7 Å². The summed E-state index contributed by atoms with van der Waals surface area (Å²) < 4.78 is 5.14. The van der Waals surface area contributed by atoms with Gasteiger partial charge in [0.2, 0.25) is 5.91 Å². The van der Waals surface area contributed by atoms with Crippen LogP contribution >= 0.6 is 0 Å². The number of alkyl carbamates (subject to hydrolysis) is 1. The van der Waals surface area contributed by atoms with Gasteiger partial charge in [-0.25, -0.2) is 4.79 Å². The Morgan fingerprint density at radius 1 is 1.12 bits per heavy atom. The zero-order chi connectivity index (χ0) is 19.2. The average molecular weight is 352 g/mol. The predicted octanol–water partition coefficient (Wildman–Crippen LogP) is 1.42. The fraction of sp³-hybridized carbons (Fsp3) is 0.471. The summed E-state index contributed by atoms with van der Waals surface area (Å²) in [5, 5.41) is 23.0. The summed E-state index contributed by atoms with van der Waals surface area (Å²) >= 11 is 0. The first kappa shape index (κ1) is 20.3. The molecule has 0 unspecified atom stereocenters. The van der Waals surface area contributed by atoms with E-state index in [9.17, 15) is 19.5 Å². The maximum absolute atomic E-state index is 12.3. The molecule has 2 amide bonds. The standard InChI is InChI=1S/C17H24N2O6/c1-10(15(22)23)18-14(21)13(19-16(24)25-17(2,3)4)9-11-5-7-12(20)8-6-11/h5-8,10,13,20H,9H2,1-4H3,(H,18,21)(H,19,24)(H,22,23)/t10-,13+/m1/s1. The van der Waals surface area contributed by atoms with Gasteiger partial charge in [-0.1, -0.05) is 12.1 Å². The number of aliphatic carboxylic acids is 1. The molecule has 0 fully saturated rings. The lowest BCUT2D eigenvalue weighted by atomic mass is 10.0. The van der Waals surface area contributed by atoms with Crippen molar-refractivity contribution in [3.8, 4) is 5.75 Å². The second kappa shape index (κ2) is 8.36. The van der Waals surface area contributed by atoms with Crippen molar-refractivity contribution >= 4 is 18.0 Å². The lowest BCUT2D eigenvalue weighted by Crippen LogP contribution is -2.52. The van der Waals surface area contributed by atoms with Crippen LogP contribution in [0.4, 0.5) is 4.79 Å². The summed E-state index contributed by atoms with van der Waals surface area (Å²) in [7, 11) is 0. The zero-order valence-corrected chi connectivity index (χ0v) is 14.7. The van der Waals surface area contributed by atoms with Crippen molar-refractivity contribution in [2.75, 3.05) is 0 Å². The first-order chi connectivity index (χ1) is 11.5. The maximum Gasteiger partial charge on any atom is 0.408 e. The first-order valence-corrected chi connectivity index (χ1v) is 7.78. The highest BCUT2D eigenvalue weighted by atomic mass is 16.6. The van der Waals surface area contributed by atoms with Crippen LogP contribution in [0.5, 0.6) is 5.75 Å². The van der Waals surface area contributed by atoms with Crippen molar-refractivity contribution in [1.29, 1.82) is 0 Å². The molecule has 138 valence electrons. The molecule has 0 aromatic heterocycles. The van der Waals surface area contributed by atoms with Gasteiger partial charge in [-0.15, -0.1) is 0 Å². The Morgan fingerprint density at radius 2 is 1.68 bits per heavy atom. The van der Waals surface area contributed by atoms with Gasteiger partial charge in [0.15, 0.2) is 0 Å². The molecule has 1 rings (SSSR count). The molecule has 0 saturated carbocycles. The molecule has 0 aliphatic carbocycles. The van der Waals surface area contributed by atoms with E-state index < -0.39 is 35.7 Å². The zero-order valence-electron chi connectivity index (χ0n) is 14.7. The van der Waals surface area contributed by atoms with E-state index in [0.29, 0.717) is 5.56 Å². The molecule has 0 aliphatic rings. The lowest BCUT2D eigenvalue weighted by Gasteiger charge is -2.24. The number of carboxylic acids is 1. The largest absolute Gasteiger partial charge is 0.508 e. The van der Waals surface area contributed by atoms with Gasteiger partial charge in [0.05, 0.1) is 0 Å². The van der Waals surface area contributed by atoms with Crippen LogP contribution in [0, 0.1) is 0 Å². The van der Waals surface area contributed by atoms with Gasteiger partial charge < -0.3 is 25.6 Å². The minimum atomic E-state index is -1.19. The quantitative estimate of drug-likeness (QED) is 0.613. The molecular formula is C17H24N2O6. The summed E-state index contributed by atoms with van der Waals surface area (Å²) in [4.78, 5) is 35.2. The number of amides is 2. The topological polar surface area (TPSA) is 125 Å². The van der Waals surface area contributed by atoms with Crippen LogP contribution in [0.1, 0.15) is 33.3 Å².